The number of hydrogen-bond acceptors (Lipinski definition) is 5. The van der Waals surface area contributed by atoms with Gasteiger partial charge in [0.1, 0.15) is 11.6 Å². The molecule has 156 valence electrons. The molecule has 3 N–H and O–H groups in total. The zero-order valence-corrected chi connectivity index (χ0v) is 17.2. The van der Waals surface area contributed by atoms with Gasteiger partial charge < -0.3 is 11.1 Å². The summed E-state index contributed by atoms with van der Waals surface area (Å²) >= 11 is 0. The molecule has 1 heterocycles. The number of nitrogens with zero attached hydrogens (tertiary/aromatic N) is 1. The maximum atomic E-state index is 13.4. The van der Waals surface area contributed by atoms with E-state index in [4.69, 9.17) is 5.73 Å². The average molecular weight is 428 g/mol. The number of nitrogens with two attached hydrogens (primary N) is 1. The van der Waals surface area contributed by atoms with E-state index >= 15 is 0 Å². The summed E-state index contributed by atoms with van der Waals surface area (Å²) in [5.74, 6) is -0.614. The molecule has 0 aliphatic rings. The largest absolute Gasteiger partial charge is 0.384 e. The first kappa shape index (κ1) is 21.4. The number of carbonyl (C=O) groups is 1. The Kier molecular flexibility index (Phi) is 6.47. The van der Waals surface area contributed by atoms with E-state index in [0.717, 1.165) is 17.4 Å². The van der Waals surface area contributed by atoms with Gasteiger partial charge in [-0.25, -0.2) is 17.8 Å². The molecule has 0 saturated carbocycles. The molecule has 3 rings (SSSR count). The summed E-state index contributed by atoms with van der Waals surface area (Å²) in [6.07, 6.45) is 3.10. The van der Waals surface area contributed by atoms with E-state index in [1.165, 1.54) is 30.5 Å². The second-order valence-corrected chi connectivity index (χ2v) is 8.98. The van der Waals surface area contributed by atoms with Crippen LogP contribution in [0.3, 0.4) is 0 Å². The molecule has 8 heteroatoms. The van der Waals surface area contributed by atoms with Crippen LogP contribution in [0.1, 0.15) is 33.8 Å². The number of anilines is 1. The van der Waals surface area contributed by atoms with Crippen molar-refractivity contribution >= 4 is 21.6 Å². The number of benzene rings is 2. The van der Waals surface area contributed by atoms with Crippen molar-refractivity contribution in [3.8, 4) is 0 Å². The van der Waals surface area contributed by atoms with E-state index in [0.29, 0.717) is 18.5 Å². The Morgan fingerprint density at radius 1 is 1.10 bits per heavy atom. The molecule has 0 saturated heterocycles. The standard InChI is InChI=1S/C22H22FN3O3S/c1-30(28,29)19-4-2-3-16(13-19)20(15-5-7-18(23)8-6-15)10-12-26-22(27)17-9-11-25-21(24)14-17/h2-9,11,13-14,20H,10,12H2,1H3,(H2,24,25)(H,26,27). The number of aromatic nitrogens is 1. The lowest BCUT2D eigenvalue weighted by Crippen LogP contribution is -2.26. The van der Waals surface area contributed by atoms with E-state index in [2.05, 4.69) is 10.3 Å². The Morgan fingerprint density at radius 3 is 2.50 bits per heavy atom. The summed E-state index contributed by atoms with van der Waals surface area (Å²) in [6.45, 7) is 0.326. The van der Waals surface area contributed by atoms with Crippen LogP contribution in [0.4, 0.5) is 10.2 Å². The Bertz CT molecular complexity index is 1150. The van der Waals surface area contributed by atoms with Crippen LogP contribution in [0.5, 0.6) is 0 Å². The summed E-state index contributed by atoms with van der Waals surface area (Å²) in [5.41, 5.74) is 7.61. The number of hydrogen-bond donors (Lipinski definition) is 2. The first-order valence-corrected chi connectivity index (χ1v) is 11.2. The molecule has 6 nitrogen and oxygen atoms in total. The quantitative estimate of drug-likeness (QED) is 0.603. The van der Waals surface area contributed by atoms with Crippen LogP contribution in [0.2, 0.25) is 0 Å². The molecule has 0 radical (unpaired) electrons. The van der Waals surface area contributed by atoms with Crippen molar-refractivity contribution in [2.45, 2.75) is 17.2 Å². The third kappa shape index (κ3) is 5.42. The van der Waals surface area contributed by atoms with Crippen LogP contribution < -0.4 is 11.1 Å². The number of amides is 1. The molecule has 1 atom stereocenters. The maximum absolute atomic E-state index is 13.4. The maximum Gasteiger partial charge on any atom is 0.251 e. The number of rotatable bonds is 7. The van der Waals surface area contributed by atoms with Crippen LogP contribution >= 0.6 is 0 Å². The molecular formula is C22H22FN3O3S. The van der Waals surface area contributed by atoms with Crippen LogP contribution in [-0.2, 0) is 9.84 Å². The number of carbonyl (C=O) groups excluding carboxylic acids is 1. The predicted molar refractivity (Wildman–Crippen MR) is 113 cm³/mol. The number of nitrogens with one attached hydrogen (secondary N) is 1. The molecule has 30 heavy (non-hydrogen) atoms. The smallest absolute Gasteiger partial charge is 0.251 e. The summed E-state index contributed by atoms with van der Waals surface area (Å²) < 4.78 is 37.3. The number of sulfone groups is 1. The molecule has 0 bridgehead atoms. The summed E-state index contributed by atoms with van der Waals surface area (Å²) in [4.78, 5) is 16.4. The number of nitrogen functional groups attached to an aromatic ring is 1. The molecule has 0 aliphatic heterocycles. The molecule has 0 fully saturated rings. The molecule has 1 unspecified atom stereocenters. The van der Waals surface area contributed by atoms with Crippen molar-refractivity contribution in [1.82, 2.24) is 10.3 Å². The average Bonchev–Trinajstić information content (AvgIpc) is 2.71. The third-order valence-corrected chi connectivity index (χ3v) is 5.83. The van der Waals surface area contributed by atoms with E-state index in [9.17, 15) is 17.6 Å². The van der Waals surface area contributed by atoms with E-state index in [1.54, 1.807) is 30.3 Å². The Hall–Kier alpha value is -3.26. The van der Waals surface area contributed by atoms with E-state index in [-0.39, 0.29) is 28.4 Å². The van der Waals surface area contributed by atoms with Gasteiger partial charge in [0.2, 0.25) is 0 Å². The van der Waals surface area contributed by atoms with Crippen molar-refractivity contribution in [3.05, 3.63) is 89.4 Å². The highest BCUT2D eigenvalue weighted by atomic mass is 32.2. The first-order valence-electron chi connectivity index (χ1n) is 9.29. The first-order chi connectivity index (χ1) is 14.2. The highest BCUT2D eigenvalue weighted by Crippen LogP contribution is 2.29. The molecule has 3 aromatic rings. The van der Waals surface area contributed by atoms with E-state index in [1.807, 2.05) is 6.07 Å². The fourth-order valence-electron chi connectivity index (χ4n) is 3.20. The van der Waals surface area contributed by atoms with Crippen molar-refractivity contribution in [3.63, 3.8) is 0 Å². The van der Waals surface area contributed by atoms with Gasteiger partial charge in [-0.05, 0) is 53.9 Å². The fraction of sp³-hybridized carbons (Fsp3) is 0.182. The van der Waals surface area contributed by atoms with Gasteiger partial charge in [0.25, 0.3) is 5.91 Å². The van der Waals surface area contributed by atoms with Gasteiger partial charge in [0, 0.05) is 30.5 Å². The molecule has 1 amide bonds. The van der Waals surface area contributed by atoms with Crippen molar-refractivity contribution < 1.29 is 17.6 Å². The normalized spacial score (nSPS) is 12.3. The SMILES string of the molecule is CS(=O)(=O)c1cccc(C(CCNC(=O)c2ccnc(N)c2)c2ccc(F)cc2)c1. The van der Waals surface area contributed by atoms with Gasteiger partial charge in [-0.2, -0.15) is 0 Å². The van der Waals surface area contributed by atoms with Crippen LogP contribution in [0.15, 0.2) is 71.8 Å². The fourth-order valence-corrected chi connectivity index (χ4v) is 3.88. The summed E-state index contributed by atoms with van der Waals surface area (Å²) in [5, 5.41) is 2.84. The topological polar surface area (TPSA) is 102 Å². The van der Waals surface area contributed by atoms with Crippen LogP contribution in [0.25, 0.3) is 0 Å². The minimum absolute atomic E-state index is 0.211. The van der Waals surface area contributed by atoms with Crippen molar-refractivity contribution in [1.29, 1.82) is 0 Å². The summed E-state index contributed by atoms with van der Waals surface area (Å²) in [6, 6.07) is 15.8. The van der Waals surface area contributed by atoms with Gasteiger partial charge >= 0.3 is 0 Å². The van der Waals surface area contributed by atoms with Crippen LogP contribution in [0, 0.1) is 5.82 Å². The zero-order valence-electron chi connectivity index (χ0n) is 16.4. The Balaban J connectivity index is 1.82. The second-order valence-electron chi connectivity index (χ2n) is 6.96. The van der Waals surface area contributed by atoms with E-state index < -0.39 is 9.84 Å². The van der Waals surface area contributed by atoms with Gasteiger partial charge in [-0.3, -0.25) is 4.79 Å². The lowest BCUT2D eigenvalue weighted by molar-refractivity contribution is 0.0952. The number of pyridine rings is 1. The highest BCUT2D eigenvalue weighted by molar-refractivity contribution is 7.90. The minimum atomic E-state index is -3.37. The van der Waals surface area contributed by atoms with Crippen molar-refractivity contribution in [2.24, 2.45) is 0 Å². The van der Waals surface area contributed by atoms with Gasteiger partial charge in [-0.1, -0.05) is 24.3 Å². The minimum Gasteiger partial charge on any atom is -0.384 e. The van der Waals surface area contributed by atoms with Crippen molar-refractivity contribution in [2.75, 3.05) is 18.5 Å². The predicted octanol–water partition coefficient (Wildman–Crippen LogP) is 3.16. The highest BCUT2D eigenvalue weighted by Gasteiger charge is 2.18. The zero-order chi connectivity index (χ0) is 21.7. The molecule has 1 aromatic heterocycles. The second kappa shape index (κ2) is 9.04. The number of halogens is 1. The molecule has 2 aromatic carbocycles. The third-order valence-electron chi connectivity index (χ3n) is 4.72. The lowest BCUT2D eigenvalue weighted by atomic mass is 9.88. The molecular weight excluding hydrogens is 405 g/mol. The van der Waals surface area contributed by atoms with Gasteiger partial charge in [-0.15, -0.1) is 0 Å². The Morgan fingerprint density at radius 2 is 1.83 bits per heavy atom. The summed E-state index contributed by atoms with van der Waals surface area (Å²) in [7, 11) is -3.37. The Labute approximate surface area is 174 Å². The monoisotopic (exact) mass is 427 g/mol. The van der Waals surface area contributed by atoms with Crippen LogP contribution in [-0.4, -0.2) is 32.1 Å². The molecule has 0 aliphatic carbocycles. The van der Waals surface area contributed by atoms with Gasteiger partial charge in [0.15, 0.2) is 9.84 Å². The molecule has 0 spiro atoms. The lowest BCUT2D eigenvalue weighted by Gasteiger charge is -2.19. The van der Waals surface area contributed by atoms with Gasteiger partial charge in [0.05, 0.1) is 4.90 Å².